The molecule has 0 aromatic heterocycles. The van der Waals surface area contributed by atoms with Crippen molar-refractivity contribution in [2.45, 2.75) is 45.1 Å². The maximum Gasteiger partial charge on any atom is 0.407 e. The van der Waals surface area contributed by atoms with Crippen molar-refractivity contribution in [1.82, 2.24) is 5.32 Å². The van der Waals surface area contributed by atoms with Gasteiger partial charge in [0.15, 0.2) is 0 Å². The van der Waals surface area contributed by atoms with Gasteiger partial charge in [-0.05, 0) is 53.0 Å². The van der Waals surface area contributed by atoms with Gasteiger partial charge in [-0.15, -0.1) is 0 Å². The number of hydrogen-bond acceptors (Lipinski definition) is 3. The van der Waals surface area contributed by atoms with E-state index in [-0.39, 0.29) is 24.0 Å². The number of halogens is 1. The minimum absolute atomic E-state index is 0.0833. The topological polar surface area (TPSA) is 75.6 Å². The number of fused-ring (bicyclic) bond motifs is 3. The molecule has 1 amide bonds. The number of nitrogens with one attached hydrogen (secondary N) is 1. The summed E-state index contributed by atoms with van der Waals surface area (Å²) in [4.78, 5) is 24.1. The average Bonchev–Trinajstić information content (AvgIpc) is 3.39. The Kier molecular flexibility index (Phi) is 6.31. The molecule has 1 saturated carbocycles. The van der Waals surface area contributed by atoms with Crippen LogP contribution in [0.2, 0.25) is 0 Å². The van der Waals surface area contributed by atoms with E-state index in [1.54, 1.807) is 13.8 Å². The van der Waals surface area contributed by atoms with Gasteiger partial charge < -0.3 is 15.2 Å². The first-order valence-electron chi connectivity index (χ1n) is 11.1. The molecule has 2 atom stereocenters. The first-order chi connectivity index (χ1) is 15.4. The molecular formula is C26H28FNO4. The predicted octanol–water partition coefficient (Wildman–Crippen LogP) is 5.66. The highest BCUT2D eigenvalue weighted by Gasteiger charge is 2.35. The van der Waals surface area contributed by atoms with Crippen molar-refractivity contribution in [3.63, 3.8) is 0 Å². The molecule has 32 heavy (non-hydrogen) atoms. The molecule has 6 heteroatoms. The Bertz CT molecular complexity index is 1020. The molecule has 0 radical (unpaired) electrons. The predicted molar refractivity (Wildman–Crippen MR) is 120 cm³/mol. The summed E-state index contributed by atoms with van der Waals surface area (Å²) in [5, 5.41) is 12.0. The van der Waals surface area contributed by atoms with Crippen molar-refractivity contribution < 1.29 is 23.8 Å². The number of alkyl carbamates (subject to hydrolysis) is 1. The van der Waals surface area contributed by atoms with Gasteiger partial charge in [-0.25, -0.2) is 9.18 Å². The first kappa shape index (κ1) is 22.1. The van der Waals surface area contributed by atoms with E-state index in [0.717, 1.165) is 22.3 Å². The van der Waals surface area contributed by atoms with Crippen LogP contribution in [0.3, 0.4) is 0 Å². The molecule has 168 valence electrons. The zero-order valence-corrected chi connectivity index (χ0v) is 18.3. The summed E-state index contributed by atoms with van der Waals surface area (Å²) >= 11 is 0. The van der Waals surface area contributed by atoms with E-state index in [9.17, 15) is 14.7 Å². The minimum Gasteiger partial charge on any atom is -0.481 e. The molecule has 0 bridgehead atoms. The molecule has 1 fully saturated rings. The Morgan fingerprint density at radius 3 is 2.25 bits per heavy atom. The molecule has 2 aromatic rings. The van der Waals surface area contributed by atoms with Gasteiger partial charge >= 0.3 is 12.1 Å². The second kappa shape index (κ2) is 9.15. The van der Waals surface area contributed by atoms with Gasteiger partial charge in [-0.1, -0.05) is 62.4 Å². The van der Waals surface area contributed by atoms with Crippen LogP contribution in [-0.4, -0.2) is 29.8 Å². The average molecular weight is 438 g/mol. The molecule has 0 unspecified atom stereocenters. The van der Waals surface area contributed by atoms with Crippen LogP contribution < -0.4 is 5.32 Å². The van der Waals surface area contributed by atoms with Gasteiger partial charge in [0.1, 0.15) is 12.4 Å². The van der Waals surface area contributed by atoms with E-state index >= 15 is 4.39 Å². The summed E-state index contributed by atoms with van der Waals surface area (Å²) in [5.41, 5.74) is 4.76. The summed E-state index contributed by atoms with van der Waals surface area (Å²) in [7, 11) is 0. The van der Waals surface area contributed by atoms with Crippen molar-refractivity contribution in [3.05, 3.63) is 71.1 Å². The Balaban J connectivity index is 1.48. The quantitative estimate of drug-likeness (QED) is 0.612. The van der Waals surface area contributed by atoms with Crippen molar-refractivity contribution in [1.29, 1.82) is 0 Å². The number of carbonyl (C=O) groups excluding carboxylic acids is 1. The normalized spacial score (nSPS) is 19.9. The van der Waals surface area contributed by atoms with E-state index in [2.05, 4.69) is 17.4 Å². The van der Waals surface area contributed by atoms with Gasteiger partial charge in [0.25, 0.3) is 0 Å². The first-order valence-corrected chi connectivity index (χ1v) is 11.1. The Labute approximate surface area is 187 Å². The Morgan fingerprint density at radius 2 is 1.69 bits per heavy atom. The van der Waals surface area contributed by atoms with E-state index in [1.807, 2.05) is 36.4 Å². The van der Waals surface area contributed by atoms with E-state index in [0.29, 0.717) is 19.3 Å². The molecule has 4 rings (SSSR count). The van der Waals surface area contributed by atoms with Gasteiger partial charge in [0.2, 0.25) is 0 Å². The summed E-state index contributed by atoms with van der Waals surface area (Å²) < 4.78 is 20.8. The fourth-order valence-electron chi connectivity index (χ4n) is 4.89. The lowest BCUT2D eigenvalue weighted by molar-refractivity contribution is -0.140. The zero-order valence-electron chi connectivity index (χ0n) is 18.3. The minimum atomic E-state index is -1.02. The molecule has 0 heterocycles. The van der Waals surface area contributed by atoms with Crippen LogP contribution in [0, 0.1) is 11.8 Å². The number of carboxylic acids is 1. The Morgan fingerprint density at radius 1 is 1.09 bits per heavy atom. The number of aliphatic carboxylic acids is 1. The number of benzene rings is 2. The molecule has 2 aromatic carbocycles. The van der Waals surface area contributed by atoms with E-state index in [4.69, 9.17) is 4.74 Å². The van der Waals surface area contributed by atoms with Crippen LogP contribution >= 0.6 is 0 Å². The number of carboxylic acid groups (broad SMARTS) is 1. The van der Waals surface area contributed by atoms with Gasteiger partial charge in [0, 0.05) is 5.92 Å². The molecular weight excluding hydrogens is 409 g/mol. The smallest absolute Gasteiger partial charge is 0.407 e. The van der Waals surface area contributed by atoms with Crippen molar-refractivity contribution in [2.75, 3.05) is 6.61 Å². The third-order valence-electron chi connectivity index (χ3n) is 6.52. The lowest BCUT2D eigenvalue weighted by Gasteiger charge is -2.23. The van der Waals surface area contributed by atoms with Crippen molar-refractivity contribution >= 4 is 12.1 Å². The summed E-state index contributed by atoms with van der Waals surface area (Å²) in [6, 6.07) is 15.2. The zero-order chi connectivity index (χ0) is 22.8. The molecule has 2 aliphatic rings. The number of ether oxygens (including phenoxy) is 1. The molecule has 0 saturated heterocycles. The van der Waals surface area contributed by atoms with Crippen LogP contribution in [0.25, 0.3) is 11.1 Å². The fraction of sp³-hybridized carbons (Fsp3) is 0.385. The molecule has 2 N–H and O–H groups in total. The van der Waals surface area contributed by atoms with E-state index in [1.165, 1.54) is 0 Å². The summed E-state index contributed by atoms with van der Waals surface area (Å²) in [5.74, 6) is -2.71. The standard InChI is InChI=1S/C26H28FNO4/c1-15(2)24(23(27)20-12-7-13-21(20)25(29)30)28-26(31)32-14-22-18-10-5-3-8-16(18)17-9-4-6-11-19(17)22/h3-6,8-11,15,21-22,24H,7,12-14H2,1-2H3,(H,28,31)(H,29,30)/b23-20-/t21-,24+/m1/s1. The van der Waals surface area contributed by atoms with Gasteiger partial charge in [0.05, 0.1) is 12.0 Å². The number of carbonyl (C=O) groups is 2. The second-order valence-electron chi connectivity index (χ2n) is 8.85. The molecule has 0 spiro atoms. The molecule has 2 aliphatic carbocycles. The maximum atomic E-state index is 15.3. The number of hydrogen-bond donors (Lipinski definition) is 2. The monoisotopic (exact) mass is 437 g/mol. The third kappa shape index (κ3) is 4.14. The fourth-order valence-corrected chi connectivity index (χ4v) is 4.89. The van der Waals surface area contributed by atoms with Crippen LogP contribution in [0.4, 0.5) is 9.18 Å². The molecule has 5 nitrogen and oxygen atoms in total. The second-order valence-corrected chi connectivity index (χ2v) is 8.85. The highest BCUT2D eigenvalue weighted by molar-refractivity contribution is 5.79. The van der Waals surface area contributed by atoms with Gasteiger partial charge in [-0.3, -0.25) is 4.79 Å². The SMILES string of the molecule is CC(C)[C@H](NC(=O)OCC1c2ccccc2-c2ccccc21)/C(F)=C1\CCC[C@H]1C(=O)O. The Hall–Kier alpha value is -3.15. The van der Waals surface area contributed by atoms with Crippen LogP contribution in [0.15, 0.2) is 59.9 Å². The lowest BCUT2D eigenvalue weighted by Crippen LogP contribution is -2.40. The number of amides is 1. The van der Waals surface area contributed by atoms with E-state index < -0.39 is 29.8 Å². The highest BCUT2D eigenvalue weighted by atomic mass is 19.1. The summed E-state index contributed by atoms with van der Waals surface area (Å²) in [6.07, 6.45) is 0.757. The van der Waals surface area contributed by atoms with Crippen molar-refractivity contribution in [2.24, 2.45) is 11.8 Å². The third-order valence-corrected chi connectivity index (χ3v) is 6.52. The largest absolute Gasteiger partial charge is 0.481 e. The lowest BCUT2D eigenvalue weighted by atomic mass is 9.94. The molecule has 0 aliphatic heterocycles. The van der Waals surface area contributed by atoms with Gasteiger partial charge in [-0.2, -0.15) is 0 Å². The van der Waals surface area contributed by atoms with Crippen molar-refractivity contribution in [3.8, 4) is 11.1 Å². The number of rotatable bonds is 6. The van der Waals surface area contributed by atoms with Crippen LogP contribution in [0.5, 0.6) is 0 Å². The van der Waals surface area contributed by atoms with Crippen LogP contribution in [-0.2, 0) is 9.53 Å². The van der Waals surface area contributed by atoms with Crippen LogP contribution in [0.1, 0.15) is 50.2 Å². The maximum absolute atomic E-state index is 15.3. The highest BCUT2D eigenvalue weighted by Crippen LogP contribution is 2.44. The summed E-state index contributed by atoms with van der Waals surface area (Å²) in [6.45, 7) is 3.72.